The highest BCUT2D eigenvalue weighted by atomic mass is 19.4. The number of nitrogens with one attached hydrogen (secondary N) is 1. The number of rotatable bonds is 4. The standard InChI is InChI=1S/C23H20F3N5O/c1-13-8-16(30-19(32)10-14-4-3-5-15(9-14)23(24,25)26)6-7-17(13)18-11-31(2)22-20(18)21(27)28-12-29-22/h3-9,11-12H,10H2,1-2H3,(H,30,32)(H2,27,28,29). The lowest BCUT2D eigenvalue weighted by molar-refractivity contribution is -0.137. The van der Waals surface area contributed by atoms with Crippen molar-refractivity contribution in [2.75, 3.05) is 11.1 Å². The van der Waals surface area contributed by atoms with Crippen LogP contribution in [-0.2, 0) is 24.4 Å². The largest absolute Gasteiger partial charge is 0.416 e. The van der Waals surface area contributed by atoms with Crippen LogP contribution in [0.4, 0.5) is 24.7 Å². The van der Waals surface area contributed by atoms with Crippen LogP contribution in [0, 0.1) is 6.92 Å². The highest BCUT2D eigenvalue weighted by molar-refractivity contribution is 6.01. The summed E-state index contributed by atoms with van der Waals surface area (Å²) in [5, 5.41) is 3.50. The number of halogens is 3. The van der Waals surface area contributed by atoms with E-state index < -0.39 is 17.6 Å². The molecule has 0 saturated carbocycles. The number of nitrogen functional groups attached to an aromatic ring is 1. The lowest BCUT2D eigenvalue weighted by Gasteiger charge is -2.11. The van der Waals surface area contributed by atoms with E-state index in [2.05, 4.69) is 15.3 Å². The Labute approximate surface area is 181 Å². The highest BCUT2D eigenvalue weighted by Gasteiger charge is 2.30. The maximum Gasteiger partial charge on any atom is 0.416 e. The monoisotopic (exact) mass is 439 g/mol. The predicted molar refractivity (Wildman–Crippen MR) is 117 cm³/mol. The number of aromatic nitrogens is 3. The van der Waals surface area contributed by atoms with Gasteiger partial charge in [0.25, 0.3) is 0 Å². The van der Waals surface area contributed by atoms with Gasteiger partial charge in [0.2, 0.25) is 5.91 Å². The van der Waals surface area contributed by atoms with Crippen LogP contribution >= 0.6 is 0 Å². The molecule has 0 aliphatic carbocycles. The minimum Gasteiger partial charge on any atom is -0.383 e. The Morgan fingerprint density at radius 2 is 1.91 bits per heavy atom. The zero-order valence-electron chi connectivity index (χ0n) is 17.4. The van der Waals surface area contributed by atoms with E-state index in [0.717, 1.165) is 34.2 Å². The maximum absolute atomic E-state index is 12.9. The molecular formula is C23H20F3N5O. The van der Waals surface area contributed by atoms with Crippen LogP contribution in [0.3, 0.4) is 0 Å². The van der Waals surface area contributed by atoms with Gasteiger partial charge in [-0.1, -0.05) is 24.3 Å². The molecule has 164 valence electrons. The number of carbonyl (C=O) groups excluding carboxylic acids is 1. The second-order valence-electron chi connectivity index (χ2n) is 7.56. The Morgan fingerprint density at radius 1 is 1.12 bits per heavy atom. The van der Waals surface area contributed by atoms with Gasteiger partial charge in [0.1, 0.15) is 17.8 Å². The quantitative estimate of drug-likeness (QED) is 0.482. The van der Waals surface area contributed by atoms with Crippen LogP contribution in [0.1, 0.15) is 16.7 Å². The van der Waals surface area contributed by atoms with Gasteiger partial charge in [-0.25, -0.2) is 9.97 Å². The first kappa shape index (κ1) is 21.4. The van der Waals surface area contributed by atoms with E-state index >= 15 is 0 Å². The number of fused-ring (bicyclic) bond motifs is 1. The summed E-state index contributed by atoms with van der Waals surface area (Å²) in [7, 11) is 1.87. The zero-order valence-corrected chi connectivity index (χ0v) is 17.4. The summed E-state index contributed by atoms with van der Waals surface area (Å²) in [4.78, 5) is 20.8. The molecule has 0 atom stereocenters. The fourth-order valence-corrected chi connectivity index (χ4v) is 3.73. The van der Waals surface area contributed by atoms with Crippen molar-refractivity contribution >= 4 is 28.4 Å². The third-order valence-corrected chi connectivity index (χ3v) is 5.20. The molecule has 0 spiro atoms. The summed E-state index contributed by atoms with van der Waals surface area (Å²) in [6.45, 7) is 1.90. The molecule has 9 heteroatoms. The normalized spacial score (nSPS) is 11.7. The number of hydrogen-bond acceptors (Lipinski definition) is 4. The van der Waals surface area contributed by atoms with Crippen molar-refractivity contribution in [1.29, 1.82) is 0 Å². The summed E-state index contributed by atoms with van der Waals surface area (Å²) in [5.41, 5.74) is 9.52. The van der Waals surface area contributed by atoms with E-state index in [0.29, 0.717) is 17.2 Å². The molecular weight excluding hydrogens is 419 g/mol. The minimum atomic E-state index is -4.45. The average molecular weight is 439 g/mol. The molecule has 32 heavy (non-hydrogen) atoms. The van der Waals surface area contributed by atoms with Crippen molar-refractivity contribution in [1.82, 2.24) is 14.5 Å². The summed E-state index contributed by atoms with van der Waals surface area (Å²) in [6, 6.07) is 10.2. The van der Waals surface area contributed by atoms with Crippen LogP contribution < -0.4 is 11.1 Å². The first-order chi connectivity index (χ1) is 15.1. The maximum atomic E-state index is 12.9. The van der Waals surface area contributed by atoms with Gasteiger partial charge in [-0.15, -0.1) is 0 Å². The molecule has 2 aromatic heterocycles. The molecule has 0 bridgehead atoms. The molecule has 0 aliphatic rings. The Balaban J connectivity index is 1.56. The summed E-state index contributed by atoms with van der Waals surface area (Å²) < 4.78 is 40.5. The van der Waals surface area contributed by atoms with Gasteiger partial charge in [0, 0.05) is 24.5 Å². The second-order valence-corrected chi connectivity index (χ2v) is 7.56. The Hall–Kier alpha value is -3.88. The Kier molecular flexibility index (Phi) is 5.33. The molecule has 6 nitrogen and oxygen atoms in total. The summed E-state index contributed by atoms with van der Waals surface area (Å²) in [5.74, 6) is -0.0252. The SMILES string of the molecule is Cc1cc(NC(=O)Cc2cccc(C(F)(F)F)c2)ccc1-c1cn(C)c2ncnc(N)c12. The van der Waals surface area contributed by atoms with E-state index in [1.807, 2.05) is 30.8 Å². The van der Waals surface area contributed by atoms with Crippen LogP contribution in [-0.4, -0.2) is 20.4 Å². The Morgan fingerprint density at radius 3 is 2.62 bits per heavy atom. The zero-order chi connectivity index (χ0) is 23.0. The first-order valence-corrected chi connectivity index (χ1v) is 9.76. The van der Waals surface area contributed by atoms with E-state index in [-0.39, 0.29) is 12.0 Å². The number of anilines is 2. The van der Waals surface area contributed by atoms with Gasteiger partial charge >= 0.3 is 6.18 Å². The molecule has 2 heterocycles. The van der Waals surface area contributed by atoms with E-state index in [4.69, 9.17) is 5.73 Å². The second kappa shape index (κ2) is 7.99. The molecule has 1 amide bonds. The van der Waals surface area contributed by atoms with Crippen molar-refractivity contribution in [3.63, 3.8) is 0 Å². The highest BCUT2D eigenvalue weighted by Crippen LogP contribution is 2.35. The average Bonchev–Trinajstić information content (AvgIpc) is 3.05. The number of alkyl halides is 3. The van der Waals surface area contributed by atoms with Crippen molar-refractivity contribution in [2.24, 2.45) is 7.05 Å². The number of amides is 1. The predicted octanol–water partition coefficient (Wildman–Crippen LogP) is 4.73. The molecule has 3 N–H and O–H groups in total. The lowest BCUT2D eigenvalue weighted by Crippen LogP contribution is -2.15. The number of benzene rings is 2. The number of nitrogens with two attached hydrogens (primary N) is 1. The number of carbonyl (C=O) groups is 1. The lowest BCUT2D eigenvalue weighted by atomic mass is 10.00. The van der Waals surface area contributed by atoms with Gasteiger partial charge < -0.3 is 15.6 Å². The summed E-state index contributed by atoms with van der Waals surface area (Å²) in [6.07, 6.45) is -1.28. The minimum absolute atomic E-state index is 0.165. The summed E-state index contributed by atoms with van der Waals surface area (Å²) >= 11 is 0. The Bertz CT molecular complexity index is 1330. The van der Waals surface area contributed by atoms with Gasteiger partial charge in [-0.05, 0) is 41.8 Å². The molecule has 0 fully saturated rings. The molecule has 4 rings (SSSR count). The van der Waals surface area contributed by atoms with Crippen molar-refractivity contribution in [3.8, 4) is 11.1 Å². The van der Waals surface area contributed by atoms with Crippen molar-refractivity contribution < 1.29 is 18.0 Å². The van der Waals surface area contributed by atoms with Crippen LogP contribution in [0.15, 0.2) is 55.0 Å². The number of hydrogen-bond donors (Lipinski definition) is 2. The van der Waals surface area contributed by atoms with E-state index in [1.54, 1.807) is 12.1 Å². The van der Waals surface area contributed by atoms with Gasteiger partial charge in [0.05, 0.1) is 17.4 Å². The van der Waals surface area contributed by atoms with Crippen molar-refractivity contribution in [2.45, 2.75) is 19.5 Å². The molecule has 4 aromatic rings. The smallest absolute Gasteiger partial charge is 0.383 e. The first-order valence-electron chi connectivity index (χ1n) is 9.76. The molecule has 0 saturated heterocycles. The van der Waals surface area contributed by atoms with Gasteiger partial charge in [0.15, 0.2) is 0 Å². The van der Waals surface area contributed by atoms with E-state index in [9.17, 15) is 18.0 Å². The topological polar surface area (TPSA) is 85.8 Å². The van der Waals surface area contributed by atoms with Gasteiger partial charge in [-0.2, -0.15) is 13.2 Å². The third-order valence-electron chi connectivity index (χ3n) is 5.20. The van der Waals surface area contributed by atoms with Crippen LogP contribution in [0.5, 0.6) is 0 Å². The van der Waals surface area contributed by atoms with Crippen LogP contribution in [0.25, 0.3) is 22.2 Å². The third kappa shape index (κ3) is 4.14. The number of nitrogens with zero attached hydrogens (tertiary/aromatic N) is 3. The molecule has 0 aliphatic heterocycles. The van der Waals surface area contributed by atoms with Crippen molar-refractivity contribution in [3.05, 3.63) is 71.7 Å². The molecule has 2 aromatic carbocycles. The number of aryl methyl sites for hydroxylation is 2. The molecule has 0 radical (unpaired) electrons. The fourth-order valence-electron chi connectivity index (χ4n) is 3.73. The van der Waals surface area contributed by atoms with E-state index in [1.165, 1.54) is 18.5 Å². The van der Waals surface area contributed by atoms with Gasteiger partial charge in [-0.3, -0.25) is 4.79 Å². The molecule has 0 unspecified atom stereocenters. The fraction of sp³-hybridized carbons (Fsp3) is 0.174. The van der Waals surface area contributed by atoms with Crippen LogP contribution in [0.2, 0.25) is 0 Å².